The van der Waals surface area contributed by atoms with Gasteiger partial charge in [-0.05, 0) is 25.0 Å². The molecule has 0 radical (unpaired) electrons. The van der Waals surface area contributed by atoms with Crippen molar-refractivity contribution in [3.63, 3.8) is 0 Å². The van der Waals surface area contributed by atoms with E-state index in [2.05, 4.69) is 10.3 Å². The van der Waals surface area contributed by atoms with Crippen molar-refractivity contribution < 1.29 is 27.5 Å². The van der Waals surface area contributed by atoms with E-state index >= 15 is 0 Å². The van der Waals surface area contributed by atoms with Crippen LogP contribution in [0.5, 0.6) is 5.88 Å². The number of amides is 1. The number of likely N-dealkylation sites (tertiary alicyclic amines) is 1. The minimum atomic E-state index is -4.58. The number of aryl methyl sites for hydroxylation is 1. The summed E-state index contributed by atoms with van der Waals surface area (Å²) in [6, 6.07) is 6.08. The predicted octanol–water partition coefficient (Wildman–Crippen LogP) is 5.85. The molecule has 0 saturated carbocycles. The monoisotopic (exact) mass is 587 g/mol. The van der Waals surface area contributed by atoms with E-state index in [1.54, 1.807) is 23.1 Å². The number of halogens is 5. The first-order valence-corrected chi connectivity index (χ1v) is 13.4. The molecule has 1 fully saturated rings. The van der Waals surface area contributed by atoms with Crippen molar-refractivity contribution in [1.82, 2.24) is 19.7 Å². The van der Waals surface area contributed by atoms with Crippen molar-refractivity contribution in [3.8, 4) is 5.88 Å². The van der Waals surface area contributed by atoms with E-state index in [0.29, 0.717) is 48.0 Å². The number of hydrogen-bond donors (Lipinski definition) is 0. The van der Waals surface area contributed by atoms with Gasteiger partial charge >= 0.3 is 6.18 Å². The lowest BCUT2D eigenvalue weighted by Crippen LogP contribution is -2.40. The SMILES string of the molecule is Cn1nc(C(F)(F)F)cc1OCC(=O)N1CCC(c2nc(C3=NOC(c4c(Cl)cccc4Cl)C3)cs2)CC1. The highest BCUT2D eigenvalue weighted by Crippen LogP contribution is 2.39. The highest BCUT2D eigenvalue weighted by Gasteiger charge is 2.35. The van der Waals surface area contributed by atoms with Crippen LogP contribution in [0.1, 0.15) is 53.2 Å². The summed E-state index contributed by atoms with van der Waals surface area (Å²) in [6.45, 7) is 0.634. The minimum Gasteiger partial charge on any atom is -0.468 e. The number of benzene rings is 1. The van der Waals surface area contributed by atoms with E-state index in [9.17, 15) is 18.0 Å². The van der Waals surface area contributed by atoms with Gasteiger partial charge in [0.2, 0.25) is 5.88 Å². The van der Waals surface area contributed by atoms with Crippen molar-refractivity contribution >= 4 is 46.2 Å². The van der Waals surface area contributed by atoms with Gasteiger partial charge in [0.15, 0.2) is 18.4 Å². The number of piperidine rings is 1. The summed E-state index contributed by atoms with van der Waals surface area (Å²) >= 11 is 14.2. The van der Waals surface area contributed by atoms with E-state index in [0.717, 1.165) is 27.2 Å². The number of carbonyl (C=O) groups excluding carboxylic acids is 1. The molecule has 3 aromatic rings. The first-order valence-electron chi connectivity index (χ1n) is 11.7. The maximum Gasteiger partial charge on any atom is 0.435 e. The average Bonchev–Trinajstić information content (AvgIpc) is 3.62. The lowest BCUT2D eigenvalue weighted by molar-refractivity contribution is -0.141. The first-order chi connectivity index (χ1) is 18.1. The first kappa shape index (κ1) is 26.8. The van der Waals surface area contributed by atoms with Crippen LogP contribution in [0.3, 0.4) is 0 Å². The number of thiazole rings is 1. The smallest absolute Gasteiger partial charge is 0.435 e. The average molecular weight is 588 g/mol. The van der Waals surface area contributed by atoms with Crippen LogP contribution in [-0.2, 0) is 22.9 Å². The second-order valence-electron chi connectivity index (χ2n) is 8.98. The number of hydrogen-bond acceptors (Lipinski definition) is 7. The molecule has 5 rings (SSSR count). The molecule has 1 unspecified atom stereocenters. The van der Waals surface area contributed by atoms with Gasteiger partial charge in [0.05, 0.1) is 10.7 Å². The van der Waals surface area contributed by atoms with Gasteiger partial charge in [-0.1, -0.05) is 34.4 Å². The molecule has 1 atom stereocenters. The quantitative estimate of drug-likeness (QED) is 0.361. The second kappa shape index (κ2) is 10.7. The number of oxime groups is 1. The number of nitrogens with zero attached hydrogens (tertiary/aromatic N) is 5. The molecule has 1 amide bonds. The molecular weight excluding hydrogens is 566 g/mol. The fraction of sp³-hybridized carbons (Fsp3) is 0.417. The van der Waals surface area contributed by atoms with Crippen LogP contribution < -0.4 is 4.74 Å². The molecule has 2 aromatic heterocycles. The maximum atomic E-state index is 12.8. The van der Waals surface area contributed by atoms with Gasteiger partial charge in [-0.15, -0.1) is 11.3 Å². The Morgan fingerprint density at radius 1 is 1.24 bits per heavy atom. The molecule has 0 spiro atoms. The molecule has 1 aromatic carbocycles. The van der Waals surface area contributed by atoms with Crippen LogP contribution in [0, 0.1) is 0 Å². The van der Waals surface area contributed by atoms with Gasteiger partial charge < -0.3 is 14.5 Å². The molecule has 1 saturated heterocycles. The fourth-order valence-electron chi connectivity index (χ4n) is 4.44. The normalized spacial score (nSPS) is 18.4. The summed E-state index contributed by atoms with van der Waals surface area (Å²) in [6.07, 6.45) is -3.03. The molecule has 2 aliphatic heterocycles. The molecule has 0 N–H and O–H groups in total. The van der Waals surface area contributed by atoms with Crippen LogP contribution in [0.15, 0.2) is 34.8 Å². The maximum absolute atomic E-state index is 12.8. The summed E-state index contributed by atoms with van der Waals surface area (Å²) in [5.74, 6) is -0.227. The van der Waals surface area contributed by atoms with Gasteiger partial charge in [-0.25, -0.2) is 9.67 Å². The van der Waals surface area contributed by atoms with Gasteiger partial charge in [-0.3, -0.25) is 4.79 Å². The topological polar surface area (TPSA) is 81.8 Å². The van der Waals surface area contributed by atoms with Crippen LogP contribution >= 0.6 is 34.5 Å². The molecule has 4 heterocycles. The van der Waals surface area contributed by atoms with E-state index < -0.39 is 11.9 Å². The second-order valence-corrected chi connectivity index (χ2v) is 10.7. The summed E-state index contributed by atoms with van der Waals surface area (Å²) in [4.78, 5) is 24.6. The van der Waals surface area contributed by atoms with Crippen molar-refractivity contribution in [2.75, 3.05) is 19.7 Å². The van der Waals surface area contributed by atoms with Gasteiger partial charge in [0.25, 0.3) is 5.91 Å². The number of alkyl halides is 3. The summed E-state index contributed by atoms with van der Waals surface area (Å²) < 4.78 is 44.7. The zero-order chi connectivity index (χ0) is 27.0. The van der Waals surface area contributed by atoms with E-state index in [4.69, 9.17) is 37.8 Å². The molecule has 38 heavy (non-hydrogen) atoms. The van der Waals surface area contributed by atoms with Crippen molar-refractivity contribution in [2.45, 2.75) is 37.5 Å². The van der Waals surface area contributed by atoms with Crippen LogP contribution in [-0.4, -0.2) is 51.0 Å². The minimum absolute atomic E-state index is 0.117. The summed E-state index contributed by atoms with van der Waals surface area (Å²) in [5, 5.41) is 11.5. The van der Waals surface area contributed by atoms with Crippen molar-refractivity contribution in [3.05, 3.63) is 61.6 Å². The Labute approximate surface area is 229 Å². The Bertz CT molecular complexity index is 1350. The van der Waals surface area contributed by atoms with Crippen molar-refractivity contribution in [1.29, 1.82) is 0 Å². The molecule has 0 aliphatic carbocycles. The Morgan fingerprint density at radius 2 is 1.95 bits per heavy atom. The lowest BCUT2D eigenvalue weighted by atomic mass is 9.97. The van der Waals surface area contributed by atoms with Gasteiger partial charge in [-0.2, -0.15) is 18.3 Å². The number of aromatic nitrogens is 3. The predicted molar refractivity (Wildman–Crippen MR) is 136 cm³/mol. The molecular formula is C24H22Cl2F3N5O3S. The van der Waals surface area contributed by atoms with Crippen LogP contribution in [0.4, 0.5) is 13.2 Å². The van der Waals surface area contributed by atoms with Gasteiger partial charge in [0.1, 0.15) is 5.71 Å². The lowest BCUT2D eigenvalue weighted by Gasteiger charge is -2.31. The largest absolute Gasteiger partial charge is 0.468 e. The Morgan fingerprint density at radius 3 is 2.61 bits per heavy atom. The fourth-order valence-corrected chi connectivity index (χ4v) is 6.08. The summed E-state index contributed by atoms with van der Waals surface area (Å²) in [5.41, 5.74) is 1.11. The third kappa shape index (κ3) is 5.62. The van der Waals surface area contributed by atoms with Crippen molar-refractivity contribution in [2.24, 2.45) is 12.2 Å². The van der Waals surface area contributed by atoms with Crippen LogP contribution in [0.2, 0.25) is 10.0 Å². The molecule has 0 bridgehead atoms. The Kier molecular flexibility index (Phi) is 7.56. The molecule has 202 valence electrons. The molecule has 8 nitrogen and oxygen atoms in total. The van der Waals surface area contributed by atoms with E-state index in [1.807, 2.05) is 5.38 Å². The van der Waals surface area contributed by atoms with E-state index in [-0.39, 0.29) is 30.4 Å². The Hall–Kier alpha value is -2.83. The standard InChI is InChI=1S/C24H22Cl2F3N5O3S/c1-33-21(10-19(31-33)24(27,28)29)36-11-20(35)34-7-5-13(6-8-34)23-30-17(12-38-23)16-9-18(37-32-16)22-14(25)3-2-4-15(22)26/h2-4,10,12-13,18H,5-9,11H2,1H3. The Balaban J connectivity index is 1.13. The van der Waals surface area contributed by atoms with Gasteiger partial charge in [0, 0.05) is 59.5 Å². The number of rotatable bonds is 6. The van der Waals surface area contributed by atoms with E-state index in [1.165, 1.54) is 18.4 Å². The third-order valence-corrected chi connectivity index (χ3v) is 8.14. The molecule has 2 aliphatic rings. The highest BCUT2D eigenvalue weighted by atomic mass is 35.5. The zero-order valence-corrected chi connectivity index (χ0v) is 22.4. The third-order valence-electron chi connectivity index (χ3n) is 6.48. The van der Waals surface area contributed by atoms with Crippen LogP contribution in [0.25, 0.3) is 0 Å². The number of ether oxygens (including phenoxy) is 1. The summed E-state index contributed by atoms with van der Waals surface area (Å²) in [7, 11) is 1.33. The highest BCUT2D eigenvalue weighted by molar-refractivity contribution is 7.10. The number of carbonyl (C=O) groups is 1. The molecule has 14 heteroatoms. The zero-order valence-electron chi connectivity index (χ0n) is 20.0.